The van der Waals surface area contributed by atoms with Crippen LogP contribution in [0.15, 0.2) is 97.1 Å². The lowest BCUT2D eigenvalue weighted by Crippen LogP contribution is -2.41. The molecule has 0 radical (unpaired) electrons. The molecule has 2 aliphatic rings. The molecular weight excluding hydrogens is 665 g/mol. The molecule has 2 heterocycles. The quantitative estimate of drug-likeness (QED) is 0.0682. The molecule has 4 aromatic carbocycles. The minimum absolute atomic E-state index is 0.0250. The molecule has 0 aliphatic carbocycles. The number of piperidine rings is 1. The molecule has 5 N–H and O–H groups in total. The van der Waals surface area contributed by atoms with Gasteiger partial charge in [-0.2, -0.15) is 0 Å². The van der Waals surface area contributed by atoms with E-state index in [9.17, 15) is 14.7 Å². The molecule has 2 amide bonds. The van der Waals surface area contributed by atoms with Crippen molar-refractivity contribution < 1.29 is 24.2 Å². The van der Waals surface area contributed by atoms with Gasteiger partial charge in [-0.05, 0) is 84.8 Å². The minimum atomic E-state index is -0.476. The Labute approximate surface area is 313 Å². The third-order valence-corrected chi connectivity index (χ3v) is 10.3. The van der Waals surface area contributed by atoms with E-state index in [4.69, 9.17) is 15.2 Å². The summed E-state index contributed by atoms with van der Waals surface area (Å²) in [6.07, 6.45) is 8.31. The average Bonchev–Trinajstić information content (AvgIpc) is 3.20. The molecule has 0 spiro atoms. The number of anilines is 2. The zero-order valence-electron chi connectivity index (χ0n) is 30.7. The molecule has 280 valence electrons. The van der Waals surface area contributed by atoms with Crippen molar-refractivity contribution in [1.82, 2.24) is 10.2 Å². The summed E-state index contributed by atoms with van der Waals surface area (Å²) in [6.45, 7) is 3.63. The van der Waals surface area contributed by atoms with Gasteiger partial charge in [0.15, 0.2) is 6.29 Å². The van der Waals surface area contributed by atoms with Gasteiger partial charge < -0.3 is 35.8 Å². The fourth-order valence-corrected chi connectivity index (χ4v) is 7.19. The average molecular weight is 719 g/mol. The second-order valence-corrected chi connectivity index (χ2v) is 14.4. The molecule has 6 rings (SSSR count). The highest BCUT2D eigenvalue weighted by Crippen LogP contribution is 2.39. The molecule has 4 aromatic rings. The number of nitrogen functional groups attached to an aromatic ring is 1. The highest BCUT2D eigenvalue weighted by molar-refractivity contribution is 5.93. The highest BCUT2D eigenvalue weighted by Gasteiger charge is 2.33. The lowest BCUT2D eigenvalue weighted by atomic mass is 9.98. The van der Waals surface area contributed by atoms with Gasteiger partial charge in [0, 0.05) is 37.9 Å². The SMILES string of the molecule is Nc1ccccc1NC(=O)CCCCCCC(=O)NCc1cccc(-c2ccc([C@H]3O[C@@H](CN4CCCCC4)C[C@@H](c4ccc(CO)cc4)O3)cc2)c1. The van der Waals surface area contributed by atoms with E-state index >= 15 is 0 Å². The Hall–Kier alpha value is -4.54. The van der Waals surface area contributed by atoms with Crippen molar-refractivity contribution in [2.75, 3.05) is 30.7 Å². The number of ether oxygens (including phenoxy) is 2. The number of amides is 2. The molecule has 9 heteroatoms. The van der Waals surface area contributed by atoms with E-state index in [1.54, 1.807) is 12.1 Å². The summed E-state index contributed by atoms with van der Waals surface area (Å²) in [5.41, 5.74) is 13.3. The zero-order valence-corrected chi connectivity index (χ0v) is 30.7. The van der Waals surface area contributed by atoms with E-state index in [1.807, 2.05) is 36.4 Å². The molecule has 0 unspecified atom stereocenters. The molecule has 0 saturated carbocycles. The molecule has 3 atom stereocenters. The standard InChI is InChI=1S/C44H54N4O5/c45-39-13-6-7-14-40(39)47-43(51)16-5-2-1-4-15-42(50)46-29-33-11-10-12-37(27-33)34-21-23-36(24-22-34)44-52-38(30-48-25-8-3-9-26-48)28-41(53-44)35-19-17-32(31-49)18-20-35/h6-7,10-14,17-24,27,38,41,44,49H,1-5,8-9,15-16,25-26,28-31,45H2,(H,46,50)(H,47,51)/t38-,41+,44+/m1/s1. The maximum Gasteiger partial charge on any atom is 0.224 e. The van der Waals surface area contributed by atoms with Crippen molar-refractivity contribution in [3.8, 4) is 11.1 Å². The number of nitrogens with one attached hydrogen (secondary N) is 2. The van der Waals surface area contributed by atoms with Crippen LogP contribution in [0.1, 0.15) is 98.9 Å². The van der Waals surface area contributed by atoms with Gasteiger partial charge in [-0.25, -0.2) is 0 Å². The van der Waals surface area contributed by atoms with Crippen LogP contribution in [-0.2, 0) is 32.2 Å². The maximum atomic E-state index is 12.6. The summed E-state index contributed by atoms with van der Waals surface area (Å²) in [4.78, 5) is 27.3. The number of carbonyl (C=O) groups excluding carboxylic acids is 2. The van der Waals surface area contributed by atoms with Crippen LogP contribution >= 0.6 is 0 Å². The van der Waals surface area contributed by atoms with Crippen molar-refractivity contribution in [2.24, 2.45) is 0 Å². The highest BCUT2D eigenvalue weighted by atomic mass is 16.7. The number of carbonyl (C=O) groups is 2. The summed E-state index contributed by atoms with van der Waals surface area (Å²) >= 11 is 0. The Morgan fingerprint density at radius 1 is 0.736 bits per heavy atom. The van der Waals surface area contributed by atoms with Gasteiger partial charge in [0.1, 0.15) is 0 Å². The van der Waals surface area contributed by atoms with Crippen molar-refractivity contribution in [1.29, 1.82) is 0 Å². The van der Waals surface area contributed by atoms with Gasteiger partial charge in [0.25, 0.3) is 0 Å². The number of unbranched alkanes of at least 4 members (excludes halogenated alkanes) is 3. The van der Waals surface area contributed by atoms with Gasteiger partial charge in [0.2, 0.25) is 11.8 Å². The van der Waals surface area contributed by atoms with Crippen LogP contribution in [0.5, 0.6) is 0 Å². The summed E-state index contributed by atoms with van der Waals surface area (Å²) in [7, 11) is 0. The monoisotopic (exact) mass is 718 g/mol. The topological polar surface area (TPSA) is 126 Å². The molecule has 2 fully saturated rings. The molecule has 53 heavy (non-hydrogen) atoms. The first-order valence-electron chi connectivity index (χ1n) is 19.3. The smallest absolute Gasteiger partial charge is 0.224 e. The Morgan fingerprint density at radius 3 is 2.19 bits per heavy atom. The number of likely N-dealkylation sites (tertiary alicyclic amines) is 1. The third kappa shape index (κ3) is 11.5. The van der Waals surface area contributed by atoms with Gasteiger partial charge in [0.05, 0.1) is 30.2 Å². The second-order valence-electron chi connectivity index (χ2n) is 14.4. The van der Waals surface area contributed by atoms with Crippen LogP contribution in [0.2, 0.25) is 0 Å². The van der Waals surface area contributed by atoms with E-state index in [2.05, 4.69) is 64.1 Å². The number of hydrogen-bond donors (Lipinski definition) is 4. The number of rotatable bonds is 16. The van der Waals surface area contributed by atoms with Gasteiger partial charge in [-0.15, -0.1) is 0 Å². The number of aliphatic hydroxyl groups is 1. The number of aliphatic hydroxyl groups excluding tert-OH is 1. The number of hydrogen-bond acceptors (Lipinski definition) is 7. The largest absolute Gasteiger partial charge is 0.397 e. The number of para-hydroxylation sites is 2. The summed E-state index contributed by atoms with van der Waals surface area (Å²) in [5, 5.41) is 15.5. The van der Waals surface area contributed by atoms with Crippen LogP contribution < -0.4 is 16.4 Å². The number of nitrogens with zero attached hydrogens (tertiary/aromatic N) is 1. The molecule has 2 saturated heterocycles. The third-order valence-electron chi connectivity index (χ3n) is 10.3. The molecule has 2 aliphatic heterocycles. The van der Waals surface area contributed by atoms with E-state index in [0.29, 0.717) is 30.8 Å². The van der Waals surface area contributed by atoms with Gasteiger partial charge in [-0.3, -0.25) is 9.59 Å². The van der Waals surface area contributed by atoms with Crippen LogP contribution in [0, 0.1) is 0 Å². The van der Waals surface area contributed by atoms with E-state index in [-0.39, 0.29) is 30.6 Å². The Balaban J connectivity index is 0.969. The molecule has 0 aromatic heterocycles. The molecule has 0 bridgehead atoms. The van der Waals surface area contributed by atoms with Crippen LogP contribution in [0.4, 0.5) is 11.4 Å². The summed E-state index contributed by atoms with van der Waals surface area (Å²) in [6, 6.07) is 32.0. The minimum Gasteiger partial charge on any atom is -0.397 e. The second kappa shape index (κ2) is 19.5. The first kappa shape index (κ1) is 38.2. The number of nitrogens with two attached hydrogens (primary N) is 1. The first-order valence-corrected chi connectivity index (χ1v) is 19.3. The molecule has 9 nitrogen and oxygen atoms in total. The summed E-state index contributed by atoms with van der Waals surface area (Å²) < 4.78 is 13.2. The van der Waals surface area contributed by atoms with Crippen LogP contribution in [0.25, 0.3) is 11.1 Å². The maximum absolute atomic E-state index is 12.6. The van der Waals surface area contributed by atoms with Gasteiger partial charge in [-0.1, -0.05) is 98.1 Å². The van der Waals surface area contributed by atoms with E-state index in [0.717, 1.165) is 85.1 Å². The van der Waals surface area contributed by atoms with Crippen molar-refractivity contribution in [3.63, 3.8) is 0 Å². The normalized spacial score (nSPS) is 19.1. The fourth-order valence-electron chi connectivity index (χ4n) is 7.19. The molecular formula is C44H54N4O5. The van der Waals surface area contributed by atoms with Crippen molar-refractivity contribution >= 4 is 23.2 Å². The predicted molar refractivity (Wildman–Crippen MR) is 210 cm³/mol. The van der Waals surface area contributed by atoms with E-state index < -0.39 is 6.29 Å². The first-order chi connectivity index (χ1) is 25.9. The predicted octanol–water partition coefficient (Wildman–Crippen LogP) is 8.05. The Morgan fingerprint density at radius 2 is 1.45 bits per heavy atom. The number of benzene rings is 4. The zero-order chi connectivity index (χ0) is 36.8. The van der Waals surface area contributed by atoms with Crippen molar-refractivity contribution in [3.05, 3.63) is 119 Å². The van der Waals surface area contributed by atoms with E-state index in [1.165, 1.54) is 19.3 Å². The lowest BCUT2D eigenvalue weighted by Gasteiger charge is -2.39. The lowest BCUT2D eigenvalue weighted by molar-refractivity contribution is -0.253. The van der Waals surface area contributed by atoms with Crippen LogP contribution in [-0.4, -0.2) is 47.6 Å². The summed E-state index contributed by atoms with van der Waals surface area (Å²) in [5.74, 6) is -0.00971. The fraction of sp³-hybridized carbons (Fsp3) is 0.409. The Bertz CT molecular complexity index is 1760. The Kier molecular flexibility index (Phi) is 14.1. The van der Waals surface area contributed by atoms with Crippen molar-refractivity contribution in [2.45, 2.75) is 95.9 Å². The van der Waals surface area contributed by atoms with Crippen LogP contribution in [0.3, 0.4) is 0 Å². The van der Waals surface area contributed by atoms with Gasteiger partial charge >= 0.3 is 0 Å².